The highest BCUT2D eigenvalue weighted by Crippen LogP contribution is 2.36. The summed E-state index contributed by atoms with van der Waals surface area (Å²) < 4.78 is 17.3. The van der Waals surface area contributed by atoms with Crippen LogP contribution in [-0.4, -0.2) is 41.8 Å². The Morgan fingerprint density at radius 2 is 1.91 bits per heavy atom. The highest BCUT2D eigenvalue weighted by molar-refractivity contribution is 5.87. The largest absolute Gasteiger partial charge is 0.497 e. The van der Waals surface area contributed by atoms with Crippen molar-refractivity contribution >= 4 is 27.7 Å². The zero-order valence-electron chi connectivity index (χ0n) is 19.3. The molecule has 5 rings (SSSR count). The van der Waals surface area contributed by atoms with E-state index < -0.39 is 0 Å². The third kappa shape index (κ3) is 3.72. The molecule has 176 valence electrons. The van der Waals surface area contributed by atoms with E-state index in [1.165, 1.54) is 30.7 Å². The van der Waals surface area contributed by atoms with Crippen LogP contribution in [0.25, 0.3) is 21.8 Å². The molecular formula is C25H26N4O5. The minimum Gasteiger partial charge on any atom is -0.497 e. The molecule has 2 heterocycles. The molecule has 0 fully saturated rings. The van der Waals surface area contributed by atoms with Crippen LogP contribution >= 0.6 is 0 Å². The summed E-state index contributed by atoms with van der Waals surface area (Å²) in [4.78, 5) is 33.8. The second kappa shape index (κ2) is 8.74. The lowest BCUT2D eigenvalue weighted by atomic mass is 9.91. The van der Waals surface area contributed by atoms with Crippen LogP contribution in [0, 0.1) is 0 Å². The van der Waals surface area contributed by atoms with Crippen LogP contribution in [0.2, 0.25) is 0 Å². The van der Waals surface area contributed by atoms with Crippen LogP contribution in [-0.2, 0) is 17.8 Å². The quantitative estimate of drug-likeness (QED) is 0.456. The van der Waals surface area contributed by atoms with Crippen LogP contribution in [0.15, 0.2) is 41.5 Å². The second-order valence-electron chi connectivity index (χ2n) is 8.34. The predicted molar refractivity (Wildman–Crippen MR) is 128 cm³/mol. The number of aryl methyl sites for hydroxylation is 1. The molecule has 1 atom stereocenters. The molecule has 1 amide bonds. The molecule has 0 aliphatic heterocycles. The van der Waals surface area contributed by atoms with E-state index in [0.717, 1.165) is 41.6 Å². The van der Waals surface area contributed by atoms with E-state index in [9.17, 15) is 9.59 Å². The van der Waals surface area contributed by atoms with Crippen LogP contribution < -0.4 is 25.1 Å². The van der Waals surface area contributed by atoms with Crippen molar-refractivity contribution in [2.45, 2.75) is 31.8 Å². The van der Waals surface area contributed by atoms with Crippen molar-refractivity contribution in [3.63, 3.8) is 0 Å². The van der Waals surface area contributed by atoms with Crippen molar-refractivity contribution in [3.05, 3.63) is 58.3 Å². The van der Waals surface area contributed by atoms with Crippen molar-refractivity contribution in [3.8, 4) is 17.2 Å². The van der Waals surface area contributed by atoms with Crippen LogP contribution in [0.1, 0.15) is 30.1 Å². The minimum absolute atomic E-state index is 0.129. The molecular weight excluding hydrogens is 436 g/mol. The number of nitrogens with one attached hydrogen (secondary N) is 2. The third-order valence-electron chi connectivity index (χ3n) is 6.39. The number of methoxy groups -OCH3 is 3. The Kier molecular flexibility index (Phi) is 5.61. The third-order valence-corrected chi connectivity index (χ3v) is 6.39. The van der Waals surface area contributed by atoms with Gasteiger partial charge < -0.3 is 24.5 Å². The normalized spacial score (nSPS) is 15.2. The number of nitrogens with zero attached hydrogens (tertiary/aromatic N) is 2. The molecule has 2 aromatic carbocycles. The molecule has 4 aromatic rings. The maximum absolute atomic E-state index is 13.0. The molecule has 2 N–H and O–H groups in total. The number of aromatic nitrogens is 3. The van der Waals surface area contributed by atoms with Crippen LogP contribution in [0.4, 0.5) is 0 Å². The first kappa shape index (κ1) is 21.8. The smallest absolute Gasteiger partial charge is 0.261 e. The number of amides is 1. The number of carbonyl (C=O) groups is 1. The molecule has 0 spiro atoms. The highest BCUT2D eigenvalue weighted by atomic mass is 16.5. The second-order valence-corrected chi connectivity index (χ2v) is 8.34. The van der Waals surface area contributed by atoms with Gasteiger partial charge in [0.05, 0.1) is 44.6 Å². The fourth-order valence-corrected chi connectivity index (χ4v) is 4.71. The molecule has 34 heavy (non-hydrogen) atoms. The zero-order chi connectivity index (χ0) is 23.8. The van der Waals surface area contributed by atoms with Gasteiger partial charge in [0.1, 0.15) is 12.3 Å². The molecule has 1 unspecified atom stereocenters. The van der Waals surface area contributed by atoms with Gasteiger partial charge in [-0.2, -0.15) is 0 Å². The van der Waals surface area contributed by atoms with Gasteiger partial charge >= 0.3 is 0 Å². The van der Waals surface area contributed by atoms with Gasteiger partial charge in [0, 0.05) is 22.7 Å². The van der Waals surface area contributed by atoms with Gasteiger partial charge in [-0.1, -0.05) is 0 Å². The molecule has 0 radical (unpaired) electrons. The standard InChI is InChI=1S/C25H26N4O5/c1-32-14-7-8-18-16(9-14)15-5-4-6-19(24(15)28-18)27-23(30)12-29-13-26-20-11-22(34-3)21(33-2)10-17(20)25(29)31/h7-11,13,19,28H,4-6,12H2,1-3H3,(H,27,30). The number of aromatic amines is 1. The molecule has 0 bridgehead atoms. The number of rotatable bonds is 6. The van der Waals surface area contributed by atoms with Crippen molar-refractivity contribution < 1.29 is 19.0 Å². The number of hydrogen-bond acceptors (Lipinski definition) is 6. The van der Waals surface area contributed by atoms with Crippen LogP contribution in [0.5, 0.6) is 17.2 Å². The summed E-state index contributed by atoms with van der Waals surface area (Å²) in [5.41, 5.74) is 3.40. The number of carbonyl (C=O) groups excluding carboxylic acids is 1. The average Bonchev–Trinajstić information content (AvgIpc) is 3.24. The lowest BCUT2D eigenvalue weighted by Gasteiger charge is -2.24. The molecule has 1 aliphatic rings. The average molecular weight is 463 g/mol. The number of benzene rings is 2. The van der Waals surface area contributed by atoms with Crippen molar-refractivity contribution in [2.24, 2.45) is 0 Å². The summed E-state index contributed by atoms with van der Waals surface area (Å²) in [5, 5.41) is 4.57. The highest BCUT2D eigenvalue weighted by Gasteiger charge is 2.26. The summed E-state index contributed by atoms with van der Waals surface area (Å²) in [6.45, 7) is -0.129. The van der Waals surface area contributed by atoms with Gasteiger partial charge in [-0.15, -0.1) is 0 Å². The Morgan fingerprint density at radius 1 is 1.12 bits per heavy atom. The number of H-pyrrole nitrogens is 1. The summed E-state index contributed by atoms with van der Waals surface area (Å²) >= 11 is 0. The van der Waals surface area contributed by atoms with E-state index in [0.29, 0.717) is 22.4 Å². The Bertz CT molecular complexity index is 1460. The molecule has 2 aromatic heterocycles. The van der Waals surface area contributed by atoms with Crippen molar-refractivity contribution in [2.75, 3.05) is 21.3 Å². The summed E-state index contributed by atoms with van der Waals surface area (Å²) in [6.07, 6.45) is 4.11. The predicted octanol–water partition coefficient (Wildman–Crippen LogP) is 3.10. The minimum atomic E-state index is -0.317. The molecule has 9 nitrogen and oxygen atoms in total. The van der Waals surface area contributed by atoms with Gasteiger partial charge in [0.15, 0.2) is 11.5 Å². The zero-order valence-corrected chi connectivity index (χ0v) is 19.3. The van der Waals surface area contributed by atoms with E-state index in [1.807, 2.05) is 18.2 Å². The Morgan fingerprint density at radius 3 is 2.68 bits per heavy atom. The number of hydrogen-bond donors (Lipinski definition) is 2. The summed E-state index contributed by atoms with van der Waals surface area (Å²) in [7, 11) is 4.68. The number of fused-ring (bicyclic) bond motifs is 4. The van der Waals surface area contributed by atoms with E-state index in [1.54, 1.807) is 19.2 Å². The Hall–Kier alpha value is -4.01. The first-order chi connectivity index (χ1) is 16.5. The fourth-order valence-electron chi connectivity index (χ4n) is 4.71. The van der Waals surface area contributed by atoms with Crippen molar-refractivity contribution in [1.82, 2.24) is 19.9 Å². The van der Waals surface area contributed by atoms with Gasteiger partial charge in [-0.3, -0.25) is 14.2 Å². The van der Waals surface area contributed by atoms with Gasteiger partial charge in [-0.05, 0) is 49.1 Å². The lowest BCUT2D eigenvalue weighted by molar-refractivity contribution is -0.122. The molecule has 0 saturated heterocycles. The van der Waals surface area contributed by atoms with E-state index in [2.05, 4.69) is 15.3 Å². The molecule has 9 heteroatoms. The van der Waals surface area contributed by atoms with Gasteiger partial charge in [0.2, 0.25) is 5.91 Å². The maximum Gasteiger partial charge on any atom is 0.261 e. The number of ether oxygens (including phenoxy) is 3. The summed E-state index contributed by atoms with van der Waals surface area (Å²) in [5.74, 6) is 1.47. The lowest BCUT2D eigenvalue weighted by Crippen LogP contribution is -2.36. The first-order valence-electron chi connectivity index (χ1n) is 11.1. The monoisotopic (exact) mass is 462 g/mol. The topological polar surface area (TPSA) is 107 Å². The maximum atomic E-state index is 13.0. The Balaban J connectivity index is 1.40. The molecule has 1 aliphatic carbocycles. The summed E-state index contributed by atoms with van der Waals surface area (Å²) in [6, 6.07) is 9.02. The molecule has 0 saturated carbocycles. The first-order valence-corrected chi connectivity index (χ1v) is 11.1. The van der Waals surface area contributed by atoms with E-state index in [4.69, 9.17) is 14.2 Å². The Labute approximate surface area is 195 Å². The van der Waals surface area contributed by atoms with Crippen molar-refractivity contribution in [1.29, 1.82) is 0 Å². The van der Waals surface area contributed by atoms with Gasteiger partial charge in [-0.25, -0.2) is 4.98 Å². The van der Waals surface area contributed by atoms with Crippen LogP contribution in [0.3, 0.4) is 0 Å². The van der Waals surface area contributed by atoms with E-state index in [-0.39, 0.29) is 24.1 Å². The van der Waals surface area contributed by atoms with E-state index >= 15 is 0 Å². The SMILES string of the molecule is COc1ccc2[nH]c3c(c2c1)CCCC3NC(=O)Cn1cnc2cc(OC)c(OC)cc2c1=O. The van der Waals surface area contributed by atoms with Gasteiger partial charge in [0.25, 0.3) is 5.56 Å². The fraction of sp³-hybridized carbons (Fsp3) is 0.320.